The van der Waals surface area contributed by atoms with E-state index >= 15 is 0 Å². The van der Waals surface area contributed by atoms with Crippen molar-refractivity contribution in [2.75, 3.05) is 13.1 Å². The molecule has 1 saturated carbocycles. The molecule has 240 valence electrons. The number of guanidine groups is 1. The standard InChI is InChI=1S/C29H44BrClN6O6/c1-3-15(2)24(36-27(42)23(39)12-16-10-19(30)25(40)20(31)11-16)28(43)37-21-14-18(38)7-6-17(21)13-22(37)26(41)34-8-4-5-9-35-29(32)33/h10-11,15,17-18,21-24,38-40H,3-9,12-14H2,1-2H3,(H,34,41)(H,36,42)(H4,32,33,35)/t15-,17-,18+,21-,22-,23+,24+/m0/s1. The molecule has 1 aromatic rings. The Hall–Kier alpha value is -2.61. The lowest BCUT2D eigenvalue weighted by molar-refractivity contribution is -0.146. The summed E-state index contributed by atoms with van der Waals surface area (Å²) < 4.78 is 0.326. The Balaban J connectivity index is 1.76. The van der Waals surface area contributed by atoms with Crippen LogP contribution in [0.4, 0.5) is 0 Å². The number of halogens is 2. The number of phenolic OH excluding ortho intramolecular Hbond substituents is 1. The molecular weight excluding hydrogens is 644 g/mol. The lowest BCUT2D eigenvalue weighted by Gasteiger charge is -2.38. The summed E-state index contributed by atoms with van der Waals surface area (Å²) in [7, 11) is 0. The number of aliphatic hydroxyl groups is 2. The van der Waals surface area contributed by atoms with E-state index in [9.17, 15) is 29.7 Å². The number of amides is 3. The zero-order chi connectivity index (χ0) is 31.8. The van der Waals surface area contributed by atoms with Crippen LogP contribution in [0.5, 0.6) is 5.75 Å². The number of aliphatic hydroxyl groups excluding tert-OH is 2. The molecular formula is C29H44BrClN6O6. The molecule has 7 atom stereocenters. The highest BCUT2D eigenvalue weighted by atomic mass is 79.9. The lowest BCUT2D eigenvalue weighted by atomic mass is 9.83. The third kappa shape index (κ3) is 9.19. The Kier molecular flexibility index (Phi) is 12.9. The van der Waals surface area contributed by atoms with Crippen LogP contribution in [0.1, 0.15) is 64.4 Å². The summed E-state index contributed by atoms with van der Waals surface area (Å²) in [6.45, 7) is 4.58. The normalized spacial score (nSPS) is 23.5. The van der Waals surface area contributed by atoms with Crippen molar-refractivity contribution in [1.29, 1.82) is 0 Å². The number of likely N-dealkylation sites (tertiary alicyclic amines) is 1. The molecule has 3 rings (SSSR count). The van der Waals surface area contributed by atoms with Crippen molar-refractivity contribution in [2.45, 2.75) is 95.5 Å². The fraction of sp³-hybridized carbons (Fsp3) is 0.655. The Labute approximate surface area is 265 Å². The van der Waals surface area contributed by atoms with Crippen molar-refractivity contribution < 1.29 is 29.7 Å². The van der Waals surface area contributed by atoms with Crippen molar-refractivity contribution in [3.8, 4) is 5.75 Å². The number of phenols is 1. The summed E-state index contributed by atoms with van der Waals surface area (Å²) in [5.41, 5.74) is 11.2. The topological polar surface area (TPSA) is 204 Å². The van der Waals surface area contributed by atoms with Crippen LogP contribution < -0.4 is 22.1 Å². The first-order valence-corrected chi connectivity index (χ1v) is 16.0. The number of aromatic hydroxyl groups is 1. The van der Waals surface area contributed by atoms with E-state index in [1.807, 2.05) is 13.8 Å². The van der Waals surface area contributed by atoms with Crippen LogP contribution in [0, 0.1) is 11.8 Å². The molecule has 2 fully saturated rings. The van der Waals surface area contributed by atoms with Gasteiger partial charge in [-0.3, -0.25) is 19.4 Å². The number of rotatable bonds is 13. The average molecular weight is 688 g/mol. The largest absolute Gasteiger partial charge is 0.505 e. The molecule has 1 aromatic carbocycles. The van der Waals surface area contributed by atoms with Gasteiger partial charge in [-0.25, -0.2) is 0 Å². The number of carbonyl (C=O) groups excluding carboxylic acids is 3. The molecule has 1 aliphatic carbocycles. The molecule has 2 aliphatic rings. The SMILES string of the molecule is CC[C@H](C)[C@@H](NC(=O)[C@H](O)Cc1cc(Cl)c(O)c(Br)c1)C(=O)N1[C@H](C(=O)NCCCCN=C(N)N)C[C@@H]2CC[C@@H](O)C[C@@H]21. The number of nitrogens with two attached hydrogens (primary N) is 2. The number of nitrogens with zero attached hydrogens (tertiary/aromatic N) is 2. The summed E-state index contributed by atoms with van der Waals surface area (Å²) in [5, 5.41) is 36.8. The highest BCUT2D eigenvalue weighted by molar-refractivity contribution is 9.10. The van der Waals surface area contributed by atoms with Crippen LogP contribution in [0.3, 0.4) is 0 Å². The Morgan fingerprint density at radius 3 is 2.58 bits per heavy atom. The highest BCUT2D eigenvalue weighted by Crippen LogP contribution is 2.41. The van der Waals surface area contributed by atoms with Crippen molar-refractivity contribution in [1.82, 2.24) is 15.5 Å². The van der Waals surface area contributed by atoms with E-state index in [0.29, 0.717) is 68.1 Å². The van der Waals surface area contributed by atoms with Gasteiger partial charge in [0.15, 0.2) is 5.96 Å². The number of hydrogen-bond donors (Lipinski definition) is 7. The summed E-state index contributed by atoms with van der Waals surface area (Å²) in [6, 6.07) is 0.944. The van der Waals surface area contributed by atoms with Gasteiger partial charge in [-0.05, 0) is 84.0 Å². The van der Waals surface area contributed by atoms with Crippen molar-refractivity contribution >= 4 is 51.2 Å². The van der Waals surface area contributed by atoms with Crippen LogP contribution in [0.15, 0.2) is 21.6 Å². The van der Waals surface area contributed by atoms with Crippen LogP contribution in [0.2, 0.25) is 5.02 Å². The van der Waals surface area contributed by atoms with E-state index in [2.05, 4.69) is 31.6 Å². The first-order valence-electron chi connectivity index (χ1n) is 14.8. The third-order valence-corrected chi connectivity index (χ3v) is 9.36. The van der Waals surface area contributed by atoms with Crippen LogP contribution in [-0.4, -0.2) is 87.3 Å². The quantitative estimate of drug-likeness (QED) is 0.0919. The van der Waals surface area contributed by atoms with Crippen molar-refractivity contribution in [3.63, 3.8) is 0 Å². The molecule has 43 heavy (non-hydrogen) atoms. The van der Waals surface area contributed by atoms with Gasteiger partial charge in [-0.1, -0.05) is 31.9 Å². The van der Waals surface area contributed by atoms with E-state index in [1.165, 1.54) is 6.07 Å². The molecule has 0 bridgehead atoms. The van der Waals surface area contributed by atoms with Gasteiger partial charge in [0, 0.05) is 25.6 Å². The molecule has 1 heterocycles. The summed E-state index contributed by atoms with van der Waals surface area (Å²) in [4.78, 5) is 46.3. The lowest BCUT2D eigenvalue weighted by Crippen LogP contribution is -2.59. The van der Waals surface area contributed by atoms with E-state index in [1.54, 1.807) is 11.0 Å². The van der Waals surface area contributed by atoms with Gasteiger partial charge < -0.3 is 42.3 Å². The highest BCUT2D eigenvalue weighted by Gasteiger charge is 2.50. The molecule has 9 N–H and O–H groups in total. The number of benzene rings is 1. The first kappa shape index (κ1) is 34.9. The van der Waals surface area contributed by atoms with Gasteiger partial charge in [0.1, 0.15) is 23.9 Å². The first-order chi connectivity index (χ1) is 20.3. The number of aliphatic imine (C=N–C) groups is 1. The van der Waals surface area contributed by atoms with Crippen LogP contribution in [-0.2, 0) is 20.8 Å². The Bertz CT molecular complexity index is 1160. The third-order valence-electron chi connectivity index (χ3n) is 8.47. The number of hydrogen-bond acceptors (Lipinski definition) is 7. The van der Waals surface area contributed by atoms with Gasteiger partial charge in [-0.2, -0.15) is 0 Å². The number of fused-ring (bicyclic) bond motifs is 1. The van der Waals surface area contributed by atoms with E-state index in [4.69, 9.17) is 23.1 Å². The fourth-order valence-electron chi connectivity index (χ4n) is 5.90. The van der Waals surface area contributed by atoms with Gasteiger partial charge in [0.05, 0.1) is 15.6 Å². The second kappa shape index (κ2) is 15.9. The summed E-state index contributed by atoms with van der Waals surface area (Å²) in [5.74, 6) is -1.78. The average Bonchev–Trinajstić information content (AvgIpc) is 3.33. The summed E-state index contributed by atoms with van der Waals surface area (Å²) >= 11 is 9.23. The van der Waals surface area contributed by atoms with Gasteiger partial charge in [0.25, 0.3) is 0 Å². The second-order valence-corrected chi connectivity index (χ2v) is 12.9. The Morgan fingerprint density at radius 2 is 1.93 bits per heavy atom. The minimum Gasteiger partial charge on any atom is -0.505 e. The van der Waals surface area contributed by atoms with Gasteiger partial charge in [0.2, 0.25) is 17.7 Å². The monoisotopic (exact) mass is 686 g/mol. The second-order valence-electron chi connectivity index (χ2n) is 11.6. The maximum absolute atomic E-state index is 14.2. The molecule has 0 spiro atoms. The number of unbranched alkanes of at least 4 members (excludes halogenated alkanes) is 1. The smallest absolute Gasteiger partial charge is 0.249 e. The minimum atomic E-state index is -1.49. The van der Waals surface area contributed by atoms with E-state index < -0.39 is 36.1 Å². The fourth-order valence-corrected chi connectivity index (χ4v) is 6.77. The summed E-state index contributed by atoms with van der Waals surface area (Å²) in [6.07, 6.45) is 1.87. The van der Waals surface area contributed by atoms with Crippen LogP contribution in [0.25, 0.3) is 0 Å². The molecule has 1 saturated heterocycles. The van der Waals surface area contributed by atoms with Crippen LogP contribution >= 0.6 is 27.5 Å². The van der Waals surface area contributed by atoms with Gasteiger partial charge in [-0.15, -0.1) is 0 Å². The van der Waals surface area contributed by atoms with Gasteiger partial charge >= 0.3 is 0 Å². The maximum atomic E-state index is 14.2. The van der Waals surface area contributed by atoms with Crippen molar-refractivity contribution in [3.05, 3.63) is 27.2 Å². The number of nitrogens with one attached hydrogen (secondary N) is 2. The van der Waals surface area contributed by atoms with Crippen molar-refractivity contribution in [2.24, 2.45) is 28.3 Å². The predicted molar refractivity (Wildman–Crippen MR) is 167 cm³/mol. The molecule has 0 radical (unpaired) electrons. The maximum Gasteiger partial charge on any atom is 0.249 e. The Morgan fingerprint density at radius 1 is 1.21 bits per heavy atom. The van der Waals surface area contributed by atoms with E-state index in [-0.39, 0.29) is 46.9 Å². The zero-order valence-electron chi connectivity index (χ0n) is 24.6. The molecule has 14 heteroatoms. The van der Waals surface area contributed by atoms with E-state index in [0.717, 1.165) is 0 Å². The predicted octanol–water partition coefficient (Wildman–Crippen LogP) is 1.54. The molecule has 3 amide bonds. The minimum absolute atomic E-state index is 0.0160. The molecule has 1 aliphatic heterocycles. The number of carbonyl (C=O) groups is 3. The zero-order valence-corrected chi connectivity index (χ0v) is 27.0. The molecule has 0 aromatic heterocycles. The molecule has 0 unspecified atom stereocenters. The molecule has 12 nitrogen and oxygen atoms in total.